The monoisotopic (exact) mass is 427 g/mol. The van der Waals surface area contributed by atoms with Crippen LogP contribution in [-0.2, 0) is 6.54 Å². The Hall–Kier alpha value is -3.65. The molecule has 0 spiro atoms. The van der Waals surface area contributed by atoms with Gasteiger partial charge in [0.1, 0.15) is 16.3 Å². The Morgan fingerprint density at radius 2 is 2.13 bits per heavy atom. The minimum atomic E-state index is -0.375. The molecule has 6 rings (SSSR count). The van der Waals surface area contributed by atoms with Crippen LogP contribution in [0.1, 0.15) is 34.8 Å². The van der Waals surface area contributed by atoms with Crippen LogP contribution in [0, 0.1) is 10.1 Å². The number of nitro benzene ring substituents is 1. The van der Waals surface area contributed by atoms with Gasteiger partial charge in [-0.05, 0) is 36.1 Å². The maximum absolute atomic E-state index is 11.1. The van der Waals surface area contributed by atoms with Gasteiger partial charge in [-0.3, -0.25) is 15.1 Å². The second kappa shape index (κ2) is 6.95. The quantitative estimate of drug-likeness (QED) is 0.332. The SMILES string of the molecule is O=[N+]([O-])c1cccc(CNc2nc(-c3ccccn3)nc3sc4c(c23)C2=CCCC24)c1. The van der Waals surface area contributed by atoms with Crippen molar-refractivity contribution in [2.45, 2.75) is 25.3 Å². The molecule has 8 heteroatoms. The van der Waals surface area contributed by atoms with Gasteiger partial charge in [-0.1, -0.05) is 24.3 Å². The molecule has 0 saturated carbocycles. The summed E-state index contributed by atoms with van der Waals surface area (Å²) < 4.78 is 0. The molecule has 1 N–H and O–H groups in total. The van der Waals surface area contributed by atoms with E-state index in [1.54, 1.807) is 29.7 Å². The minimum absolute atomic E-state index is 0.0832. The Balaban J connectivity index is 1.45. The molecule has 4 aromatic rings. The van der Waals surface area contributed by atoms with Crippen molar-refractivity contribution in [3.8, 4) is 11.5 Å². The number of nitrogens with one attached hydrogen (secondary N) is 1. The number of hydrogen-bond acceptors (Lipinski definition) is 7. The number of hydrogen-bond donors (Lipinski definition) is 1. The molecule has 3 heterocycles. The lowest BCUT2D eigenvalue weighted by Gasteiger charge is -2.26. The number of non-ortho nitro benzene ring substituents is 1. The second-order valence-corrected chi connectivity index (χ2v) is 8.73. The number of benzene rings is 1. The van der Waals surface area contributed by atoms with Crippen molar-refractivity contribution in [1.82, 2.24) is 15.0 Å². The fourth-order valence-electron chi connectivity index (χ4n) is 4.43. The molecule has 2 aliphatic carbocycles. The zero-order valence-electron chi connectivity index (χ0n) is 16.4. The maximum atomic E-state index is 11.1. The molecule has 0 radical (unpaired) electrons. The summed E-state index contributed by atoms with van der Waals surface area (Å²) >= 11 is 1.74. The highest BCUT2D eigenvalue weighted by molar-refractivity contribution is 7.19. The van der Waals surface area contributed by atoms with Gasteiger partial charge in [-0.15, -0.1) is 11.3 Å². The highest BCUT2D eigenvalue weighted by Crippen LogP contribution is 2.59. The van der Waals surface area contributed by atoms with Crippen molar-refractivity contribution in [3.05, 3.63) is 80.9 Å². The fourth-order valence-corrected chi connectivity index (χ4v) is 5.78. The van der Waals surface area contributed by atoms with Crippen LogP contribution < -0.4 is 5.32 Å². The lowest BCUT2D eigenvalue weighted by Crippen LogP contribution is -2.10. The van der Waals surface area contributed by atoms with Gasteiger partial charge in [0.2, 0.25) is 0 Å². The Bertz CT molecular complexity index is 1380. The summed E-state index contributed by atoms with van der Waals surface area (Å²) in [4.78, 5) is 27.2. The van der Waals surface area contributed by atoms with E-state index in [-0.39, 0.29) is 10.6 Å². The highest BCUT2D eigenvalue weighted by atomic mass is 32.1. The Labute approximate surface area is 181 Å². The zero-order chi connectivity index (χ0) is 20.9. The maximum Gasteiger partial charge on any atom is 0.269 e. The van der Waals surface area contributed by atoms with Gasteiger partial charge in [-0.2, -0.15) is 0 Å². The number of anilines is 1. The second-order valence-electron chi connectivity index (χ2n) is 7.70. The molecule has 31 heavy (non-hydrogen) atoms. The van der Waals surface area contributed by atoms with E-state index >= 15 is 0 Å². The van der Waals surface area contributed by atoms with Crippen LogP contribution in [0.3, 0.4) is 0 Å². The van der Waals surface area contributed by atoms with Crippen LogP contribution >= 0.6 is 11.3 Å². The van der Waals surface area contributed by atoms with Crippen molar-refractivity contribution >= 4 is 38.6 Å². The summed E-state index contributed by atoms with van der Waals surface area (Å²) in [5, 5.41) is 15.6. The summed E-state index contributed by atoms with van der Waals surface area (Å²) in [7, 11) is 0. The lowest BCUT2D eigenvalue weighted by atomic mass is 9.80. The molecule has 0 saturated heterocycles. The number of nitrogens with zero attached hydrogens (tertiary/aromatic N) is 4. The first-order chi connectivity index (χ1) is 15.2. The molecule has 152 valence electrons. The molecule has 0 bridgehead atoms. The third kappa shape index (κ3) is 2.90. The van der Waals surface area contributed by atoms with Gasteiger partial charge in [0, 0.05) is 41.2 Å². The predicted octanol–water partition coefficient (Wildman–Crippen LogP) is 5.55. The first-order valence-corrected chi connectivity index (χ1v) is 10.9. The van der Waals surface area contributed by atoms with Crippen LogP contribution in [0.2, 0.25) is 0 Å². The molecule has 1 aromatic carbocycles. The van der Waals surface area contributed by atoms with Crippen LogP contribution in [-0.4, -0.2) is 19.9 Å². The van der Waals surface area contributed by atoms with Crippen molar-refractivity contribution < 1.29 is 4.92 Å². The topological polar surface area (TPSA) is 93.8 Å². The normalized spacial score (nSPS) is 16.4. The van der Waals surface area contributed by atoms with Crippen LogP contribution in [0.15, 0.2) is 54.7 Å². The van der Waals surface area contributed by atoms with E-state index in [2.05, 4.69) is 16.4 Å². The highest BCUT2D eigenvalue weighted by Gasteiger charge is 2.39. The molecular weight excluding hydrogens is 410 g/mol. The van der Waals surface area contributed by atoms with Gasteiger partial charge in [0.25, 0.3) is 5.69 Å². The van der Waals surface area contributed by atoms with Gasteiger partial charge in [-0.25, -0.2) is 9.97 Å². The summed E-state index contributed by atoms with van der Waals surface area (Å²) in [6.45, 7) is 0.433. The van der Waals surface area contributed by atoms with E-state index in [0.29, 0.717) is 18.3 Å². The van der Waals surface area contributed by atoms with E-state index in [1.807, 2.05) is 24.3 Å². The molecule has 7 nitrogen and oxygen atoms in total. The van der Waals surface area contributed by atoms with Crippen molar-refractivity contribution in [2.24, 2.45) is 0 Å². The van der Waals surface area contributed by atoms with Gasteiger partial charge >= 0.3 is 0 Å². The van der Waals surface area contributed by atoms with E-state index in [9.17, 15) is 10.1 Å². The Morgan fingerprint density at radius 3 is 2.97 bits per heavy atom. The van der Waals surface area contributed by atoms with Crippen molar-refractivity contribution in [2.75, 3.05) is 5.32 Å². The third-order valence-electron chi connectivity index (χ3n) is 5.85. The summed E-state index contributed by atoms with van der Waals surface area (Å²) in [5.41, 5.74) is 4.32. The van der Waals surface area contributed by atoms with Gasteiger partial charge in [0.15, 0.2) is 5.82 Å². The molecule has 0 fully saturated rings. The number of nitro groups is 1. The van der Waals surface area contributed by atoms with Crippen LogP contribution in [0.4, 0.5) is 11.5 Å². The average Bonchev–Trinajstić information content (AvgIpc) is 3.35. The largest absolute Gasteiger partial charge is 0.365 e. The molecule has 1 atom stereocenters. The van der Waals surface area contributed by atoms with Gasteiger partial charge < -0.3 is 5.32 Å². The number of aromatic nitrogens is 3. The minimum Gasteiger partial charge on any atom is -0.365 e. The summed E-state index contributed by atoms with van der Waals surface area (Å²) in [6, 6.07) is 12.4. The average molecular weight is 427 g/mol. The van der Waals surface area contributed by atoms with E-state index in [1.165, 1.54) is 28.5 Å². The molecular formula is C23H17N5O2S. The Kier molecular flexibility index (Phi) is 4.07. The lowest BCUT2D eigenvalue weighted by molar-refractivity contribution is -0.384. The Morgan fingerprint density at radius 1 is 1.19 bits per heavy atom. The third-order valence-corrected chi connectivity index (χ3v) is 7.05. The number of thiophene rings is 1. The van der Waals surface area contributed by atoms with E-state index in [0.717, 1.165) is 33.7 Å². The van der Waals surface area contributed by atoms with Crippen molar-refractivity contribution in [1.29, 1.82) is 0 Å². The van der Waals surface area contributed by atoms with E-state index < -0.39 is 0 Å². The number of fused-ring (bicyclic) bond motifs is 6. The summed E-state index contributed by atoms with van der Waals surface area (Å²) in [6.07, 6.45) is 6.35. The summed E-state index contributed by atoms with van der Waals surface area (Å²) in [5.74, 6) is 1.87. The van der Waals surface area contributed by atoms with Crippen LogP contribution in [0.25, 0.3) is 27.3 Å². The predicted molar refractivity (Wildman–Crippen MR) is 121 cm³/mol. The van der Waals surface area contributed by atoms with Gasteiger partial charge in [0.05, 0.1) is 10.3 Å². The number of rotatable bonds is 5. The fraction of sp³-hybridized carbons (Fsp3) is 0.174. The molecule has 3 aromatic heterocycles. The zero-order valence-corrected chi connectivity index (χ0v) is 17.2. The standard InChI is InChI=1S/C23H17N5O2S/c29-28(30)14-6-3-5-13(11-14)12-25-22-19-18-15-7-4-8-16(15)20(18)31-23(19)27-21(26-22)17-9-1-2-10-24-17/h1-3,5-7,9-11,16H,4,8,12H2,(H,25,26,27). The molecule has 1 unspecified atom stereocenters. The molecule has 0 aliphatic heterocycles. The molecule has 0 amide bonds. The smallest absolute Gasteiger partial charge is 0.269 e. The van der Waals surface area contributed by atoms with E-state index in [4.69, 9.17) is 9.97 Å². The first kappa shape index (κ1) is 18.1. The first-order valence-electron chi connectivity index (χ1n) is 10.1. The number of allylic oxidation sites excluding steroid dienone is 2. The van der Waals surface area contributed by atoms with Crippen molar-refractivity contribution in [3.63, 3.8) is 0 Å². The number of pyridine rings is 1. The molecule has 2 aliphatic rings. The van der Waals surface area contributed by atoms with Crippen LogP contribution in [0.5, 0.6) is 0 Å².